The van der Waals surface area contributed by atoms with E-state index in [1.807, 2.05) is 6.92 Å². The summed E-state index contributed by atoms with van der Waals surface area (Å²) in [5.41, 5.74) is 1.67. The molecule has 0 saturated carbocycles. The lowest BCUT2D eigenvalue weighted by atomic mass is 10.2. The summed E-state index contributed by atoms with van der Waals surface area (Å²) >= 11 is 6.11. The number of hydrogen-bond acceptors (Lipinski definition) is 5. The molecule has 0 bridgehead atoms. The van der Waals surface area contributed by atoms with Crippen LogP contribution in [0.25, 0.3) is 0 Å². The Morgan fingerprint density at radius 2 is 1.88 bits per heavy atom. The van der Waals surface area contributed by atoms with Crippen molar-refractivity contribution in [3.8, 4) is 5.75 Å². The van der Waals surface area contributed by atoms with Gasteiger partial charge >= 0.3 is 0 Å². The number of aromatic nitrogens is 2. The van der Waals surface area contributed by atoms with Gasteiger partial charge in [-0.2, -0.15) is 0 Å². The van der Waals surface area contributed by atoms with Crippen molar-refractivity contribution >= 4 is 29.1 Å². The van der Waals surface area contributed by atoms with Crippen molar-refractivity contribution in [3.05, 3.63) is 40.7 Å². The smallest absolute Gasteiger partial charge is 0.274 e. The Labute approximate surface area is 159 Å². The number of benzene rings is 1. The largest absolute Gasteiger partial charge is 0.495 e. The van der Waals surface area contributed by atoms with E-state index >= 15 is 0 Å². The van der Waals surface area contributed by atoms with Crippen LogP contribution in [0.1, 0.15) is 42.9 Å². The quantitative estimate of drug-likeness (QED) is 0.742. The maximum atomic E-state index is 12.6. The highest BCUT2D eigenvalue weighted by atomic mass is 35.5. The Morgan fingerprint density at radius 1 is 1.19 bits per heavy atom. The number of carbonyl (C=O) groups is 1. The summed E-state index contributed by atoms with van der Waals surface area (Å²) < 4.78 is 5.12. The molecule has 0 unspecified atom stereocenters. The van der Waals surface area contributed by atoms with Crippen LogP contribution < -0.4 is 15.0 Å². The highest BCUT2D eigenvalue weighted by Gasteiger charge is 2.15. The minimum absolute atomic E-state index is 0.300. The molecular formula is C19H25ClN4O2. The minimum atomic E-state index is -0.300. The number of carbonyl (C=O) groups excluding carboxylic acids is 1. The summed E-state index contributed by atoms with van der Waals surface area (Å²) in [6.07, 6.45) is 1.98. The summed E-state index contributed by atoms with van der Waals surface area (Å²) in [6, 6.07) is 6.77. The number of anilines is 2. The third kappa shape index (κ3) is 5.08. The third-order valence-corrected chi connectivity index (χ3v) is 4.05. The molecule has 0 radical (unpaired) electrons. The molecule has 0 fully saturated rings. The lowest BCUT2D eigenvalue weighted by Crippen LogP contribution is -2.28. The van der Waals surface area contributed by atoms with E-state index < -0.39 is 0 Å². The summed E-state index contributed by atoms with van der Waals surface area (Å²) in [4.78, 5) is 23.7. The van der Waals surface area contributed by atoms with Gasteiger partial charge in [0, 0.05) is 24.5 Å². The SMILES string of the molecule is CCCN(CCC)c1nc(C)cc(C(=O)Nc2ccc(OC)c(Cl)c2)n1. The van der Waals surface area contributed by atoms with Crippen LogP contribution in [0, 0.1) is 6.92 Å². The van der Waals surface area contributed by atoms with Gasteiger partial charge in [0.2, 0.25) is 5.95 Å². The molecule has 1 N–H and O–H groups in total. The second-order valence-corrected chi connectivity index (χ2v) is 6.39. The molecule has 1 aromatic heterocycles. The molecule has 2 rings (SSSR count). The molecule has 0 atom stereocenters. The molecule has 2 aromatic rings. The van der Waals surface area contributed by atoms with E-state index in [4.69, 9.17) is 16.3 Å². The Balaban J connectivity index is 2.24. The van der Waals surface area contributed by atoms with Gasteiger partial charge in [-0.05, 0) is 44.0 Å². The molecule has 0 aliphatic heterocycles. The average molecular weight is 377 g/mol. The highest BCUT2D eigenvalue weighted by molar-refractivity contribution is 6.32. The molecule has 140 valence electrons. The molecule has 1 heterocycles. The Hall–Kier alpha value is -2.34. The number of aryl methyl sites for hydroxylation is 1. The van der Waals surface area contributed by atoms with E-state index in [0.717, 1.165) is 31.6 Å². The fourth-order valence-corrected chi connectivity index (χ4v) is 2.86. The van der Waals surface area contributed by atoms with Crippen molar-refractivity contribution in [2.24, 2.45) is 0 Å². The lowest BCUT2D eigenvalue weighted by molar-refractivity contribution is 0.102. The van der Waals surface area contributed by atoms with Gasteiger partial charge in [0.05, 0.1) is 12.1 Å². The molecule has 6 nitrogen and oxygen atoms in total. The van der Waals surface area contributed by atoms with E-state index in [2.05, 4.69) is 34.0 Å². The van der Waals surface area contributed by atoms with Gasteiger partial charge in [-0.15, -0.1) is 0 Å². The first-order valence-electron chi connectivity index (χ1n) is 8.74. The van der Waals surface area contributed by atoms with Crippen LogP contribution in [-0.4, -0.2) is 36.1 Å². The molecule has 0 aliphatic carbocycles. The second kappa shape index (κ2) is 9.38. The number of nitrogens with zero attached hydrogens (tertiary/aromatic N) is 3. The Kier molecular flexibility index (Phi) is 7.21. The predicted octanol–water partition coefficient (Wildman–Crippen LogP) is 4.33. The fourth-order valence-electron chi connectivity index (χ4n) is 2.60. The van der Waals surface area contributed by atoms with Crippen molar-refractivity contribution in [2.75, 3.05) is 30.4 Å². The first-order valence-corrected chi connectivity index (χ1v) is 9.11. The molecular weight excluding hydrogens is 352 g/mol. The molecule has 7 heteroatoms. The van der Waals surface area contributed by atoms with E-state index in [0.29, 0.717) is 28.1 Å². The minimum Gasteiger partial charge on any atom is -0.495 e. The third-order valence-electron chi connectivity index (χ3n) is 3.75. The topological polar surface area (TPSA) is 67.4 Å². The first kappa shape index (κ1) is 20.0. The zero-order valence-corrected chi connectivity index (χ0v) is 16.4. The summed E-state index contributed by atoms with van der Waals surface area (Å²) in [7, 11) is 1.54. The standard InChI is InChI=1S/C19H25ClN4O2/c1-5-9-24(10-6-2)19-21-13(3)11-16(23-19)18(25)22-14-7-8-17(26-4)15(20)12-14/h7-8,11-12H,5-6,9-10H2,1-4H3,(H,22,25). The Morgan fingerprint density at radius 3 is 2.46 bits per heavy atom. The van der Waals surface area contributed by atoms with Gasteiger partial charge in [0.15, 0.2) is 0 Å². The van der Waals surface area contributed by atoms with Gasteiger partial charge < -0.3 is 15.0 Å². The summed E-state index contributed by atoms with van der Waals surface area (Å²) in [5, 5.41) is 3.25. The molecule has 1 amide bonds. The number of halogens is 1. The van der Waals surface area contributed by atoms with Crippen LogP contribution in [0.5, 0.6) is 5.75 Å². The average Bonchev–Trinajstić information content (AvgIpc) is 2.61. The van der Waals surface area contributed by atoms with Gasteiger partial charge in [0.1, 0.15) is 11.4 Å². The summed E-state index contributed by atoms with van der Waals surface area (Å²) in [5.74, 6) is 0.845. The van der Waals surface area contributed by atoms with E-state index in [1.54, 1.807) is 31.4 Å². The van der Waals surface area contributed by atoms with Crippen LogP contribution in [0.4, 0.5) is 11.6 Å². The number of ether oxygens (including phenoxy) is 1. The maximum Gasteiger partial charge on any atom is 0.274 e. The lowest BCUT2D eigenvalue weighted by Gasteiger charge is -2.22. The van der Waals surface area contributed by atoms with Crippen molar-refractivity contribution in [1.29, 1.82) is 0 Å². The zero-order chi connectivity index (χ0) is 19.1. The second-order valence-electron chi connectivity index (χ2n) is 5.99. The molecule has 0 saturated heterocycles. The van der Waals surface area contributed by atoms with E-state index in [1.165, 1.54) is 0 Å². The number of methoxy groups -OCH3 is 1. The molecule has 0 spiro atoms. The van der Waals surface area contributed by atoms with E-state index in [-0.39, 0.29) is 5.91 Å². The fraction of sp³-hybridized carbons (Fsp3) is 0.421. The van der Waals surface area contributed by atoms with E-state index in [9.17, 15) is 4.79 Å². The van der Waals surface area contributed by atoms with Gasteiger partial charge in [-0.3, -0.25) is 4.79 Å². The monoisotopic (exact) mass is 376 g/mol. The van der Waals surface area contributed by atoms with Crippen molar-refractivity contribution < 1.29 is 9.53 Å². The van der Waals surface area contributed by atoms with Crippen LogP contribution in [0.15, 0.2) is 24.3 Å². The van der Waals surface area contributed by atoms with Crippen molar-refractivity contribution in [2.45, 2.75) is 33.6 Å². The van der Waals surface area contributed by atoms with Crippen molar-refractivity contribution in [1.82, 2.24) is 9.97 Å². The van der Waals surface area contributed by atoms with Gasteiger partial charge in [-0.1, -0.05) is 25.4 Å². The highest BCUT2D eigenvalue weighted by Crippen LogP contribution is 2.27. The number of rotatable bonds is 8. The van der Waals surface area contributed by atoms with Crippen LogP contribution >= 0.6 is 11.6 Å². The first-order chi connectivity index (χ1) is 12.5. The summed E-state index contributed by atoms with van der Waals surface area (Å²) in [6.45, 7) is 7.79. The zero-order valence-electron chi connectivity index (χ0n) is 15.7. The normalized spacial score (nSPS) is 10.5. The maximum absolute atomic E-state index is 12.6. The molecule has 1 aromatic carbocycles. The number of hydrogen-bond donors (Lipinski definition) is 1. The predicted molar refractivity (Wildman–Crippen MR) is 106 cm³/mol. The van der Waals surface area contributed by atoms with Crippen LogP contribution in [-0.2, 0) is 0 Å². The van der Waals surface area contributed by atoms with Crippen LogP contribution in [0.3, 0.4) is 0 Å². The number of nitrogens with one attached hydrogen (secondary N) is 1. The van der Waals surface area contributed by atoms with Gasteiger partial charge in [0.25, 0.3) is 5.91 Å². The number of amides is 1. The Bertz CT molecular complexity index is 761. The molecule has 26 heavy (non-hydrogen) atoms. The molecule has 0 aliphatic rings. The van der Waals surface area contributed by atoms with Crippen molar-refractivity contribution in [3.63, 3.8) is 0 Å². The van der Waals surface area contributed by atoms with Crippen LogP contribution in [0.2, 0.25) is 5.02 Å². The van der Waals surface area contributed by atoms with Gasteiger partial charge in [-0.25, -0.2) is 9.97 Å².